The van der Waals surface area contributed by atoms with Crippen LogP contribution >= 0.6 is 11.3 Å². The number of nitrogens with one attached hydrogen (secondary N) is 1. The van der Waals surface area contributed by atoms with Crippen molar-refractivity contribution in [3.63, 3.8) is 0 Å². The molecule has 0 aliphatic rings. The lowest BCUT2D eigenvalue weighted by Crippen LogP contribution is -2.08. The highest BCUT2D eigenvalue weighted by atomic mass is 32.1. The molecule has 1 N–H and O–H groups in total. The molecule has 2 aromatic rings. The van der Waals surface area contributed by atoms with Crippen LogP contribution in [-0.2, 0) is 7.05 Å². The average molecular weight is 206 g/mol. The second-order valence-corrected chi connectivity index (χ2v) is 3.94. The van der Waals surface area contributed by atoms with Crippen molar-refractivity contribution in [1.29, 1.82) is 5.53 Å². The van der Waals surface area contributed by atoms with E-state index in [4.69, 9.17) is 5.53 Å². The first-order chi connectivity index (χ1) is 6.76. The number of nitrogens with zero attached hydrogens (tertiary/aromatic N) is 3. The Morgan fingerprint density at radius 1 is 1.43 bits per heavy atom. The molecule has 1 aromatic heterocycles. The van der Waals surface area contributed by atoms with E-state index in [9.17, 15) is 0 Å². The van der Waals surface area contributed by atoms with E-state index in [0.29, 0.717) is 5.69 Å². The monoisotopic (exact) mass is 206 g/mol. The summed E-state index contributed by atoms with van der Waals surface area (Å²) in [7, 11) is 3.76. The van der Waals surface area contributed by atoms with Crippen LogP contribution in [0.25, 0.3) is 10.2 Å². The van der Waals surface area contributed by atoms with E-state index in [1.54, 1.807) is 18.4 Å². The minimum Gasteiger partial charge on any atom is -0.320 e. The van der Waals surface area contributed by atoms with Crippen LogP contribution in [0.1, 0.15) is 0 Å². The molecule has 0 aliphatic heterocycles. The lowest BCUT2D eigenvalue weighted by molar-refractivity contribution is 0.904. The predicted octanol–water partition coefficient (Wildman–Crippen LogP) is 2.43. The molecule has 0 spiro atoms. The summed E-state index contributed by atoms with van der Waals surface area (Å²) in [6, 6.07) is 5.71. The zero-order valence-electron chi connectivity index (χ0n) is 7.98. The quantitative estimate of drug-likeness (QED) is 0.697. The molecule has 4 nitrogen and oxygen atoms in total. The van der Waals surface area contributed by atoms with Gasteiger partial charge < -0.3 is 4.57 Å². The maximum atomic E-state index is 6.92. The molecule has 2 rings (SSSR count). The summed E-state index contributed by atoms with van der Waals surface area (Å²) in [4.78, 5) is 5.14. The summed E-state index contributed by atoms with van der Waals surface area (Å²) in [5.41, 5.74) is 8.73. The van der Waals surface area contributed by atoms with Crippen LogP contribution in [0.5, 0.6) is 0 Å². The van der Waals surface area contributed by atoms with Crippen LogP contribution < -0.4 is 4.80 Å². The SMILES string of the molecule is C/N=c1/sc2cc(N=N)ccc2n1C. The molecule has 14 heavy (non-hydrogen) atoms. The molecule has 0 saturated heterocycles. The van der Waals surface area contributed by atoms with Crippen LogP contribution in [0.15, 0.2) is 28.3 Å². The van der Waals surface area contributed by atoms with E-state index in [0.717, 1.165) is 15.0 Å². The van der Waals surface area contributed by atoms with Crippen molar-refractivity contribution < 1.29 is 0 Å². The molecule has 72 valence electrons. The average Bonchev–Trinajstić information content (AvgIpc) is 2.55. The Kier molecular flexibility index (Phi) is 2.17. The number of benzene rings is 1. The maximum absolute atomic E-state index is 6.92. The fourth-order valence-electron chi connectivity index (χ4n) is 1.40. The van der Waals surface area contributed by atoms with Crippen molar-refractivity contribution in [3.05, 3.63) is 23.0 Å². The van der Waals surface area contributed by atoms with E-state index in [2.05, 4.69) is 10.1 Å². The van der Waals surface area contributed by atoms with E-state index < -0.39 is 0 Å². The van der Waals surface area contributed by atoms with Gasteiger partial charge in [0.15, 0.2) is 4.80 Å². The molecule has 5 heteroatoms. The largest absolute Gasteiger partial charge is 0.320 e. The van der Waals surface area contributed by atoms with Crippen molar-refractivity contribution in [2.75, 3.05) is 7.05 Å². The van der Waals surface area contributed by atoms with Crippen LogP contribution in [-0.4, -0.2) is 11.6 Å². The molecule has 0 atom stereocenters. The second-order valence-electron chi connectivity index (χ2n) is 2.93. The van der Waals surface area contributed by atoms with Gasteiger partial charge >= 0.3 is 0 Å². The van der Waals surface area contributed by atoms with Gasteiger partial charge in [-0.1, -0.05) is 11.3 Å². The van der Waals surface area contributed by atoms with E-state index in [1.807, 2.05) is 29.8 Å². The lowest BCUT2D eigenvalue weighted by atomic mass is 10.3. The Morgan fingerprint density at radius 2 is 2.21 bits per heavy atom. The number of fused-ring (bicyclic) bond motifs is 1. The van der Waals surface area contributed by atoms with Crippen LogP contribution in [0, 0.1) is 5.53 Å². The highest BCUT2D eigenvalue weighted by Gasteiger charge is 2.02. The Balaban J connectivity index is 2.86. The van der Waals surface area contributed by atoms with Crippen molar-refractivity contribution in [2.24, 2.45) is 17.2 Å². The van der Waals surface area contributed by atoms with Gasteiger partial charge in [-0.05, 0) is 18.2 Å². The summed E-state index contributed by atoms with van der Waals surface area (Å²) >= 11 is 1.61. The standard InChI is InChI=1S/C9H10N4S/c1-11-9-13(2)7-4-3-6(12-10)5-8(7)14-9/h3-5,10H,1-2H3/b11-9+,12-10?. The minimum absolute atomic E-state index is 0.682. The van der Waals surface area contributed by atoms with Gasteiger partial charge in [0, 0.05) is 14.1 Å². The van der Waals surface area contributed by atoms with Crippen molar-refractivity contribution in [2.45, 2.75) is 0 Å². The number of rotatable bonds is 1. The summed E-state index contributed by atoms with van der Waals surface area (Å²) in [6.07, 6.45) is 0. The van der Waals surface area contributed by atoms with E-state index in [-0.39, 0.29) is 0 Å². The smallest absolute Gasteiger partial charge is 0.185 e. The molecule has 0 saturated carbocycles. The van der Waals surface area contributed by atoms with Gasteiger partial charge in [-0.15, -0.1) is 0 Å². The Labute approximate surface area is 85.0 Å². The summed E-state index contributed by atoms with van der Waals surface area (Å²) in [6.45, 7) is 0. The van der Waals surface area contributed by atoms with Gasteiger partial charge in [0.1, 0.15) is 0 Å². The highest BCUT2D eigenvalue weighted by Crippen LogP contribution is 2.22. The van der Waals surface area contributed by atoms with Crippen molar-refractivity contribution in [3.8, 4) is 0 Å². The summed E-state index contributed by atoms with van der Waals surface area (Å²) < 4.78 is 3.15. The number of thiazole rings is 1. The second kappa shape index (κ2) is 3.34. The van der Waals surface area contributed by atoms with E-state index >= 15 is 0 Å². The summed E-state index contributed by atoms with van der Waals surface area (Å²) in [5.74, 6) is 0. The van der Waals surface area contributed by atoms with E-state index in [1.165, 1.54) is 0 Å². The Bertz CT molecular complexity index is 549. The molecule has 0 fully saturated rings. The third-order valence-electron chi connectivity index (χ3n) is 2.11. The first kappa shape index (κ1) is 9.08. The number of hydrogen-bond acceptors (Lipinski definition) is 4. The molecular formula is C9H10N4S. The molecule has 1 aromatic carbocycles. The molecule has 0 aliphatic carbocycles. The Morgan fingerprint density at radius 3 is 2.86 bits per heavy atom. The first-order valence-corrected chi connectivity index (χ1v) is 4.98. The summed E-state index contributed by atoms with van der Waals surface area (Å²) in [5, 5.41) is 3.40. The van der Waals surface area contributed by atoms with Gasteiger partial charge in [0.25, 0.3) is 0 Å². The minimum atomic E-state index is 0.682. The first-order valence-electron chi connectivity index (χ1n) is 4.16. The fourth-order valence-corrected chi connectivity index (χ4v) is 2.41. The van der Waals surface area contributed by atoms with Gasteiger partial charge in [-0.2, -0.15) is 5.11 Å². The highest BCUT2D eigenvalue weighted by molar-refractivity contribution is 7.16. The molecule has 0 unspecified atom stereocenters. The van der Waals surface area contributed by atoms with Crippen LogP contribution in [0.3, 0.4) is 0 Å². The third-order valence-corrected chi connectivity index (χ3v) is 3.30. The lowest BCUT2D eigenvalue weighted by Gasteiger charge is -1.94. The molecular weight excluding hydrogens is 196 g/mol. The zero-order valence-corrected chi connectivity index (χ0v) is 8.80. The molecule has 0 amide bonds. The van der Waals surface area contributed by atoms with Crippen molar-refractivity contribution >= 4 is 27.2 Å². The zero-order chi connectivity index (χ0) is 10.1. The molecule has 1 heterocycles. The predicted molar refractivity (Wildman–Crippen MR) is 57.1 cm³/mol. The number of aromatic nitrogens is 1. The van der Waals surface area contributed by atoms with Gasteiger partial charge in [-0.25, -0.2) is 5.53 Å². The van der Waals surface area contributed by atoms with Crippen LogP contribution in [0.4, 0.5) is 5.69 Å². The molecule has 0 radical (unpaired) electrons. The number of aryl methyl sites for hydroxylation is 1. The van der Waals surface area contributed by atoms with Gasteiger partial charge in [-0.3, -0.25) is 4.99 Å². The number of hydrogen-bond donors (Lipinski definition) is 1. The van der Waals surface area contributed by atoms with Gasteiger partial charge in [0.2, 0.25) is 0 Å². The normalized spacial score (nSPS) is 12.3. The Hall–Kier alpha value is -1.49. The third kappa shape index (κ3) is 1.26. The van der Waals surface area contributed by atoms with Crippen molar-refractivity contribution in [1.82, 2.24) is 4.57 Å². The fraction of sp³-hybridized carbons (Fsp3) is 0.222. The topological polar surface area (TPSA) is 53.5 Å². The van der Waals surface area contributed by atoms with Crippen LogP contribution in [0.2, 0.25) is 0 Å². The maximum Gasteiger partial charge on any atom is 0.185 e. The molecule has 0 bridgehead atoms. The van der Waals surface area contributed by atoms with Gasteiger partial charge in [0.05, 0.1) is 15.9 Å².